The summed E-state index contributed by atoms with van der Waals surface area (Å²) in [5, 5.41) is 0. The summed E-state index contributed by atoms with van der Waals surface area (Å²) in [5.74, 6) is -0.574. The average Bonchev–Trinajstić information content (AvgIpc) is 2.67. The number of rotatable bonds is 6. The molecule has 3 rings (SSSR count). The molecule has 0 saturated heterocycles. The standard InChI is InChI=1S/C20H15BrFNO3S/c21-17-11-9-15(10-12-17)20(14-24,16-5-4-6-18(22)13-16)23-27(25,26)19-7-2-1-3-8-19/h1-14,23H. The van der Waals surface area contributed by atoms with Gasteiger partial charge in [-0.3, -0.25) is 0 Å². The van der Waals surface area contributed by atoms with Gasteiger partial charge in [0, 0.05) is 4.47 Å². The van der Waals surface area contributed by atoms with Crippen molar-refractivity contribution in [2.75, 3.05) is 0 Å². The molecule has 0 spiro atoms. The first-order valence-electron chi connectivity index (χ1n) is 7.95. The molecule has 0 saturated carbocycles. The number of carbonyl (C=O) groups excluding carboxylic acids is 1. The summed E-state index contributed by atoms with van der Waals surface area (Å²) >= 11 is 3.31. The summed E-state index contributed by atoms with van der Waals surface area (Å²) in [7, 11) is -4.06. The second-order valence-electron chi connectivity index (χ2n) is 5.86. The highest BCUT2D eigenvalue weighted by Gasteiger charge is 2.39. The molecule has 7 heteroatoms. The molecule has 3 aromatic carbocycles. The smallest absolute Gasteiger partial charge is 0.242 e. The van der Waals surface area contributed by atoms with Crippen molar-refractivity contribution in [1.29, 1.82) is 0 Å². The molecule has 0 bridgehead atoms. The van der Waals surface area contributed by atoms with E-state index in [4.69, 9.17) is 0 Å². The van der Waals surface area contributed by atoms with Crippen LogP contribution in [0, 0.1) is 5.82 Å². The van der Waals surface area contributed by atoms with Crippen LogP contribution in [0.4, 0.5) is 4.39 Å². The Balaban J connectivity index is 2.21. The van der Waals surface area contributed by atoms with Gasteiger partial charge in [0.05, 0.1) is 4.90 Å². The summed E-state index contributed by atoms with van der Waals surface area (Å²) in [4.78, 5) is 12.3. The molecular formula is C20H15BrFNO3S. The van der Waals surface area contributed by atoms with E-state index in [9.17, 15) is 17.6 Å². The fourth-order valence-corrected chi connectivity index (χ4v) is 4.37. The van der Waals surface area contributed by atoms with Crippen molar-refractivity contribution in [3.63, 3.8) is 0 Å². The number of halogens is 2. The van der Waals surface area contributed by atoms with E-state index in [1.807, 2.05) is 0 Å². The van der Waals surface area contributed by atoms with E-state index in [1.165, 1.54) is 30.3 Å². The Morgan fingerprint density at radius 2 is 1.56 bits per heavy atom. The van der Waals surface area contributed by atoms with Crippen LogP contribution in [0.25, 0.3) is 0 Å². The molecule has 0 fully saturated rings. The Hall–Kier alpha value is -2.35. The molecule has 1 atom stereocenters. The lowest BCUT2D eigenvalue weighted by Crippen LogP contribution is -2.48. The predicted octanol–water partition coefficient (Wildman–Crippen LogP) is 4.01. The maximum Gasteiger partial charge on any atom is 0.242 e. The third-order valence-corrected chi connectivity index (χ3v) is 6.12. The van der Waals surface area contributed by atoms with Crippen molar-refractivity contribution in [3.05, 3.63) is 100 Å². The summed E-state index contributed by atoms with van der Waals surface area (Å²) in [6.07, 6.45) is 0.478. The first-order valence-corrected chi connectivity index (χ1v) is 10.2. The van der Waals surface area contributed by atoms with Gasteiger partial charge in [0.15, 0.2) is 0 Å². The van der Waals surface area contributed by atoms with Crippen LogP contribution in [0.15, 0.2) is 88.2 Å². The van der Waals surface area contributed by atoms with Gasteiger partial charge in [0.1, 0.15) is 17.6 Å². The molecular weight excluding hydrogens is 433 g/mol. The van der Waals surface area contributed by atoms with E-state index in [2.05, 4.69) is 20.7 Å². The maximum atomic E-state index is 13.9. The summed E-state index contributed by atoms with van der Waals surface area (Å²) in [6, 6.07) is 19.6. The molecule has 1 unspecified atom stereocenters. The molecule has 1 N–H and O–H groups in total. The van der Waals surface area contributed by atoms with Crippen LogP contribution in [0.2, 0.25) is 0 Å². The molecule has 138 valence electrons. The number of carbonyl (C=O) groups is 1. The third kappa shape index (κ3) is 4.00. The van der Waals surface area contributed by atoms with Gasteiger partial charge >= 0.3 is 0 Å². The Kier molecular flexibility index (Phi) is 5.55. The lowest BCUT2D eigenvalue weighted by atomic mass is 9.85. The minimum Gasteiger partial charge on any atom is -0.300 e. The zero-order valence-electron chi connectivity index (χ0n) is 14.0. The first-order chi connectivity index (χ1) is 12.9. The Morgan fingerprint density at radius 3 is 2.15 bits per heavy atom. The van der Waals surface area contributed by atoms with Crippen LogP contribution in [0.5, 0.6) is 0 Å². The molecule has 0 aromatic heterocycles. The molecule has 0 amide bonds. The normalized spacial score (nSPS) is 13.7. The number of hydrogen-bond acceptors (Lipinski definition) is 3. The lowest BCUT2D eigenvalue weighted by Gasteiger charge is -2.30. The number of hydrogen-bond donors (Lipinski definition) is 1. The topological polar surface area (TPSA) is 63.2 Å². The van der Waals surface area contributed by atoms with Crippen molar-refractivity contribution >= 4 is 32.2 Å². The quantitative estimate of drug-likeness (QED) is 0.580. The highest BCUT2D eigenvalue weighted by atomic mass is 79.9. The summed E-state index contributed by atoms with van der Waals surface area (Å²) in [5.41, 5.74) is -1.23. The van der Waals surface area contributed by atoms with E-state index in [-0.39, 0.29) is 10.5 Å². The largest absolute Gasteiger partial charge is 0.300 e. The fourth-order valence-electron chi connectivity index (χ4n) is 2.76. The number of sulfonamides is 1. The molecule has 0 aliphatic rings. The van der Waals surface area contributed by atoms with Gasteiger partial charge < -0.3 is 4.79 Å². The minimum absolute atomic E-state index is 0.00439. The van der Waals surface area contributed by atoms with Crippen molar-refractivity contribution in [2.24, 2.45) is 0 Å². The van der Waals surface area contributed by atoms with E-state index in [0.717, 1.165) is 10.5 Å². The van der Waals surface area contributed by atoms with Crippen LogP contribution < -0.4 is 4.72 Å². The van der Waals surface area contributed by atoms with Gasteiger partial charge in [-0.15, -0.1) is 0 Å². The second kappa shape index (κ2) is 7.72. The molecule has 0 aliphatic heterocycles. The van der Waals surface area contributed by atoms with Crippen molar-refractivity contribution in [2.45, 2.75) is 10.4 Å². The predicted molar refractivity (Wildman–Crippen MR) is 104 cm³/mol. The van der Waals surface area contributed by atoms with Gasteiger partial charge in [0.25, 0.3) is 0 Å². The summed E-state index contributed by atoms with van der Waals surface area (Å²) < 4.78 is 43.0. The SMILES string of the molecule is O=CC(NS(=O)(=O)c1ccccc1)(c1ccc(Br)cc1)c1cccc(F)c1. The zero-order valence-corrected chi connectivity index (χ0v) is 16.4. The van der Waals surface area contributed by atoms with Crippen LogP contribution in [0.1, 0.15) is 11.1 Å². The lowest BCUT2D eigenvalue weighted by molar-refractivity contribution is -0.111. The van der Waals surface area contributed by atoms with Crippen LogP contribution in [-0.2, 0) is 20.4 Å². The summed E-state index contributed by atoms with van der Waals surface area (Å²) in [6.45, 7) is 0. The van der Waals surface area contributed by atoms with Crippen molar-refractivity contribution in [1.82, 2.24) is 4.72 Å². The molecule has 4 nitrogen and oxygen atoms in total. The van der Waals surface area contributed by atoms with E-state index in [1.54, 1.807) is 42.5 Å². The van der Waals surface area contributed by atoms with Crippen LogP contribution >= 0.6 is 15.9 Å². The van der Waals surface area contributed by atoms with E-state index in [0.29, 0.717) is 11.8 Å². The van der Waals surface area contributed by atoms with Crippen molar-refractivity contribution < 1.29 is 17.6 Å². The fraction of sp³-hybridized carbons (Fsp3) is 0.0500. The monoisotopic (exact) mass is 447 g/mol. The van der Waals surface area contributed by atoms with Crippen molar-refractivity contribution in [3.8, 4) is 0 Å². The minimum atomic E-state index is -4.06. The molecule has 0 aliphatic carbocycles. The molecule has 0 radical (unpaired) electrons. The Morgan fingerprint density at radius 1 is 0.889 bits per heavy atom. The molecule has 0 heterocycles. The molecule has 27 heavy (non-hydrogen) atoms. The first kappa shape index (κ1) is 19.4. The number of benzene rings is 3. The number of nitrogens with one attached hydrogen (secondary N) is 1. The van der Waals surface area contributed by atoms with E-state index >= 15 is 0 Å². The number of aldehydes is 1. The van der Waals surface area contributed by atoms with Gasteiger partial charge in [-0.1, -0.05) is 58.4 Å². The third-order valence-electron chi connectivity index (χ3n) is 4.11. The van der Waals surface area contributed by atoms with Crippen LogP contribution in [0.3, 0.4) is 0 Å². The molecule has 3 aromatic rings. The highest BCUT2D eigenvalue weighted by molar-refractivity contribution is 9.10. The Bertz CT molecular complexity index is 1060. The van der Waals surface area contributed by atoms with Gasteiger partial charge in [-0.05, 0) is 47.5 Å². The van der Waals surface area contributed by atoms with Crippen LogP contribution in [-0.4, -0.2) is 14.7 Å². The average molecular weight is 448 g/mol. The zero-order chi connectivity index (χ0) is 19.5. The Labute approximate surface area is 165 Å². The maximum absolute atomic E-state index is 13.9. The highest BCUT2D eigenvalue weighted by Crippen LogP contribution is 2.31. The van der Waals surface area contributed by atoms with Gasteiger partial charge in [-0.25, -0.2) is 12.8 Å². The van der Waals surface area contributed by atoms with Gasteiger partial charge in [0.2, 0.25) is 10.0 Å². The second-order valence-corrected chi connectivity index (χ2v) is 8.46. The van der Waals surface area contributed by atoms with E-state index < -0.39 is 21.4 Å². The van der Waals surface area contributed by atoms with Gasteiger partial charge in [-0.2, -0.15) is 4.72 Å².